The Labute approximate surface area is 175 Å². The number of carbonyl (C=O) groups excluding carboxylic acids is 2. The summed E-state index contributed by atoms with van der Waals surface area (Å²) in [6.07, 6.45) is 0.0123. The van der Waals surface area contributed by atoms with Crippen LogP contribution in [0.4, 0.5) is 0 Å². The number of aryl methyl sites for hydroxylation is 1. The molecule has 2 aromatic rings. The maximum absolute atomic E-state index is 12.9. The highest BCUT2D eigenvalue weighted by atomic mass is 35.5. The molecule has 3 rings (SSSR count). The van der Waals surface area contributed by atoms with Crippen LogP contribution < -0.4 is 0 Å². The number of carbonyl (C=O) groups is 2. The summed E-state index contributed by atoms with van der Waals surface area (Å²) in [5.74, 6) is -1.55. The standard InChI is InChI=1S/C23H24ClNO4/c1-14(2)29-12-11-25-20(17-6-4-5-15(3)13-17)19(22(27)23(25)28)21(26)16-7-9-18(24)10-8-16/h4-10,13-14,20,26H,11-12H2,1-3H3/b21-19-. The smallest absolute Gasteiger partial charge is 0.295 e. The van der Waals surface area contributed by atoms with Gasteiger partial charge in [0, 0.05) is 17.1 Å². The molecule has 1 N–H and O–H groups in total. The van der Waals surface area contributed by atoms with Gasteiger partial charge in [0.2, 0.25) is 0 Å². The van der Waals surface area contributed by atoms with Crippen molar-refractivity contribution < 1.29 is 19.4 Å². The Morgan fingerprint density at radius 2 is 1.86 bits per heavy atom. The zero-order chi connectivity index (χ0) is 21.1. The van der Waals surface area contributed by atoms with Crippen molar-refractivity contribution >= 4 is 29.1 Å². The first-order valence-corrected chi connectivity index (χ1v) is 9.90. The van der Waals surface area contributed by atoms with Crippen molar-refractivity contribution in [2.45, 2.75) is 32.9 Å². The molecule has 5 nitrogen and oxygen atoms in total. The van der Waals surface area contributed by atoms with Crippen LogP contribution in [0.5, 0.6) is 0 Å². The van der Waals surface area contributed by atoms with E-state index >= 15 is 0 Å². The minimum absolute atomic E-state index is 0.0123. The first-order chi connectivity index (χ1) is 13.8. The molecule has 1 amide bonds. The lowest BCUT2D eigenvalue weighted by atomic mass is 9.94. The van der Waals surface area contributed by atoms with Gasteiger partial charge < -0.3 is 14.7 Å². The largest absolute Gasteiger partial charge is 0.507 e. The lowest BCUT2D eigenvalue weighted by molar-refractivity contribution is -0.140. The Balaban J connectivity index is 2.09. The first kappa shape index (κ1) is 21.1. The number of ketones is 1. The Bertz CT molecular complexity index is 950. The minimum Gasteiger partial charge on any atom is -0.507 e. The van der Waals surface area contributed by atoms with Gasteiger partial charge in [0.1, 0.15) is 5.76 Å². The number of hydrogen-bond donors (Lipinski definition) is 1. The maximum Gasteiger partial charge on any atom is 0.295 e. The molecule has 1 aliphatic rings. The predicted molar refractivity (Wildman–Crippen MR) is 113 cm³/mol. The van der Waals surface area contributed by atoms with E-state index in [1.54, 1.807) is 24.3 Å². The van der Waals surface area contributed by atoms with Crippen LogP contribution in [0.25, 0.3) is 5.76 Å². The molecule has 1 saturated heterocycles. The maximum atomic E-state index is 12.9. The SMILES string of the molecule is Cc1cccc(C2/C(=C(/O)c3ccc(Cl)cc3)C(=O)C(=O)N2CCOC(C)C)c1. The van der Waals surface area contributed by atoms with Gasteiger partial charge in [-0.3, -0.25) is 9.59 Å². The third kappa shape index (κ3) is 4.52. The molecule has 0 spiro atoms. The molecule has 0 aliphatic carbocycles. The molecule has 0 saturated carbocycles. The molecule has 1 aliphatic heterocycles. The number of aliphatic hydroxyl groups is 1. The van der Waals surface area contributed by atoms with Crippen molar-refractivity contribution in [1.29, 1.82) is 0 Å². The molecule has 29 heavy (non-hydrogen) atoms. The van der Waals surface area contributed by atoms with Gasteiger partial charge in [-0.25, -0.2) is 0 Å². The predicted octanol–water partition coefficient (Wildman–Crippen LogP) is 4.50. The summed E-state index contributed by atoms with van der Waals surface area (Å²) in [5.41, 5.74) is 2.28. The number of Topliss-reactive ketones (excluding diaryl/α,β-unsaturated/α-hetero) is 1. The van der Waals surface area contributed by atoms with E-state index in [1.165, 1.54) is 4.90 Å². The lowest BCUT2D eigenvalue weighted by Gasteiger charge is -2.26. The van der Waals surface area contributed by atoms with Gasteiger partial charge in [0.15, 0.2) is 0 Å². The van der Waals surface area contributed by atoms with E-state index < -0.39 is 17.7 Å². The monoisotopic (exact) mass is 413 g/mol. The van der Waals surface area contributed by atoms with Crippen LogP contribution in [-0.4, -0.2) is 41.0 Å². The van der Waals surface area contributed by atoms with Crippen molar-refractivity contribution in [1.82, 2.24) is 4.90 Å². The second-order valence-corrected chi connectivity index (χ2v) is 7.77. The highest BCUT2D eigenvalue weighted by Crippen LogP contribution is 2.39. The molecule has 1 unspecified atom stereocenters. The molecule has 1 fully saturated rings. The average molecular weight is 414 g/mol. The Morgan fingerprint density at radius 3 is 2.48 bits per heavy atom. The second-order valence-electron chi connectivity index (χ2n) is 7.33. The fourth-order valence-electron chi connectivity index (χ4n) is 3.45. The minimum atomic E-state index is -0.700. The van der Waals surface area contributed by atoms with Gasteiger partial charge in [-0.2, -0.15) is 0 Å². The summed E-state index contributed by atoms with van der Waals surface area (Å²) in [6.45, 7) is 6.31. The number of rotatable bonds is 6. The van der Waals surface area contributed by atoms with Gasteiger partial charge in [-0.1, -0.05) is 41.4 Å². The van der Waals surface area contributed by atoms with Crippen molar-refractivity contribution in [3.05, 3.63) is 75.8 Å². The second kappa shape index (κ2) is 8.80. The van der Waals surface area contributed by atoms with Crippen LogP contribution in [0.3, 0.4) is 0 Å². The molecular weight excluding hydrogens is 390 g/mol. The molecule has 152 valence electrons. The van der Waals surface area contributed by atoms with Crippen LogP contribution in [0, 0.1) is 6.92 Å². The van der Waals surface area contributed by atoms with Crippen molar-refractivity contribution in [2.75, 3.05) is 13.2 Å². The van der Waals surface area contributed by atoms with Crippen LogP contribution in [0.15, 0.2) is 54.1 Å². The average Bonchev–Trinajstić information content (AvgIpc) is 2.93. The summed E-state index contributed by atoms with van der Waals surface area (Å²) in [6, 6.07) is 13.4. The normalized spacial score (nSPS) is 18.7. The summed E-state index contributed by atoms with van der Waals surface area (Å²) in [7, 11) is 0. The van der Waals surface area contributed by atoms with Gasteiger partial charge in [-0.05, 0) is 50.6 Å². The summed E-state index contributed by atoms with van der Waals surface area (Å²) in [4.78, 5) is 27.2. The number of likely N-dealkylation sites (tertiary alicyclic amines) is 1. The van der Waals surface area contributed by atoms with Crippen LogP contribution >= 0.6 is 11.6 Å². The molecule has 1 heterocycles. The van der Waals surface area contributed by atoms with Crippen LogP contribution in [0.2, 0.25) is 5.02 Å². The summed E-state index contributed by atoms with van der Waals surface area (Å²) < 4.78 is 5.59. The number of hydrogen-bond acceptors (Lipinski definition) is 4. The van der Waals surface area contributed by atoms with Gasteiger partial charge in [0.25, 0.3) is 11.7 Å². The molecule has 2 aromatic carbocycles. The van der Waals surface area contributed by atoms with E-state index in [0.29, 0.717) is 17.2 Å². The number of ether oxygens (including phenoxy) is 1. The Hall–Kier alpha value is -2.63. The summed E-state index contributed by atoms with van der Waals surface area (Å²) >= 11 is 5.93. The number of benzene rings is 2. The number of nitrogens with zero attached hydrogens (tertiary/aromatic N) is 1. The lowest BCUT2D eigenvalue weighted by Crippen LogP contribution is -2.33. The zero-order valence-corrected chi connectivity index (χ0v) is 17.4. The molecule has 1 atom stereocenters. The van der Waals surface area contributed by atoms with E-state index in [1.807, 2.05) is 45.0 Å². The fourth-order valence-corrected chi connectivity index (χ4v) is 3.57. The van der Waals surface area contributed by atoms with Gasteiger partial charge in [0.05, 0.1) is 24.3 Å². The van der Waals surface area contributed by atoms with E-state index in [2.05, 4.69) is 0 Å². The Morgan fingerprint density at radius 1 is 1.17 bits per heavy atom. The van der Waals surface area contributed by atoms with E-state index in [0.717, 1.165) is 11.1 Å². The highest BCUT2D eigenvalue weighted by molar-refractivity contribution is 6.46. The third-order valence-corrected chi connectivity index (χ3v) is 5.05. The highest BCUT2D eigenvalue weighted by Gasteiger charge is 2.45. The van der Waals surface area contributed by atoms with Gasteiger partial charge >= 0.3 is 0 Å². The zero-order valence-electron chi connectivity index (χ0n) is 16.7. The van der Waals surface area contributed by atoms with E-state index in [4.69, 9.17) is 16.3 Å². The molecule has 6 heteroatoms. The Kier molecular flexibility index (Phi) is 6.40. The van der Waals surface area contributed by atoms with Gasteiger partial charge in [-0.15, -0.1) is 0 Å². The first-order valence-electron chi connectivity index (χ1n) is 9.52. The topological polar surface area (TPSA) is 66.8 Å². The van der Waals surface area contributed by atoms with Crippen LogP contribution in [0.1, 0.15) is 36.6 Å². The summed E-state index contributed by atoms with van der Waals surface area (Å²) in [5, 5.41) is 11.5. The molecular formula is C23H24ClNO4. The number of aliphatic hydroxyl groups excluding tert-OH is 1. The molecule has 0 aromatic heterocycles. The van der Waals surface area contributed by atoms with Crippen molar-refractivity contribution in [3.63, 3.8) is 0 Å². The third-order valence-electron chi connectivity index (χ3n) is 4.80. The molecule has 0 bridgehead atoms. The molecule has 0 radical (unpaired) electrons. The van der Waals surface area contributed by atoms with Crippen LogP contribution in [-0.2, 0) is 14.3 Å². The van der Waals surface area contributed by atoms with Crippen molar-refractivity contribution in [3.8, 4) is 0 Å². The number of halogens is 1. The number of amides is 1. The van der Waals surface area contributed by atoms with Crippen molar-refractivity contribution in [2.24, 2.45) is 0 Å². The van der Waals surface area contributed by atoms with E-state index in [9.17, 15) is 14.7 Å². The van der Waals surface area contributed by atoms with E-state index in [-0.39, 0.29) is 24.0 Å². The quantitative estimate of drug-likeness (QED) is 0.430. The fraction of sp³-hybridized carbons (Fsp3) is 0.304.